The Kier molecular flexibility index (Phi) is 4.58. The average Bonchev–Trinajstić information content (AvgIpc) is 2.38. The molecule has 1 fully saturated rings. The molecular weight excluding hydrogens is 241 g/mol. The van der Waals surface area contributed by atoms with Crippen molar-refractivity contribution in [3.8, 4) is 0 Å². The van der Waals surface area contributed by atoms with Gasteiger partial charge in [-0.3, -0.25) is 0 Å². The van der Waals surface area contributed by atoms with Crippen LogP contribution in [0.3, 0.4) is 0 Å². The van der Waals surface area contributed by atoms with Crippen molar-refractivity contribution in [2.24, 2.45) is 0 Å². The van der Waals surface area contributed by atoms with Crippen LogP contribution < -0.4 is 5.32 Å². The number of nitrogens with one attached hydrogen (secondary N) is 1. The van der Waals surface area contributed by atoms with E-state index in [0.717, 1.165) is 37.8 Å². The number of benzene rings is 1. The number of hydrogen-bond donors (Lipinski definition) is 2. The minimum absolute atomic E-state index is 0.0852. The minimum atomic E-state index is -0.175. The van der Waals surface area contributed by atoms with Gasteiger partial charge in [-0.05, 0) is 43.4 Å². The highest BCUT2D eigenvalue weighted by Gasteiger charge is 2.24. The minimum Gasteiger partial charge on any atom is -0.393 e. The van der Waals surface area contributed by atoms with Crippen molar-refractivity contribution >= 4 is 0 Å². The van der Waals surface area contributed by atoms with E-state index in [9.17, 15) is 9.50 Å². The Morgan fingerprint density at radius 1 is 1.26 bits per heavy atom. The van der Waals surface area contributed by atoms with E-state index < -0.39 is 0 Å². The molecule has 0 spiro atoms. The topological polar surface area (TPSA) is 32.3 Å². The standard InChI is InChI=1S/C16H24FNO/c1-16(2,12-4-3-5-13(17)10-12)11-18-14-6-8-15(19)9-7-14/h3-5,10,14-15,18-19H,6-9,11H2,1-2H3. The SMILES string of the molecule is CC(C)(CNC1CCC(O)CC1)c1cccc(F)c1. The Labute approximate surface area is 115 Å². The number of aliphatic hydroxyl groups is 1. The van der Waals surface area contributed by atoms with Crippen LogP contribution in [-0.4, -0.2) is 23.8 Å². The zero-order chi connectivity index (χ0) is 13.9. The van der Waals surface area contributed by atoms with E-state index in [1.54, 1.807) is 12.1 Å². The summed E-state index contributed by atoms with van der Waals surface area (Å²) in [6.07, 6.45) is 3.71. The molecule has 3 heteroatoms. The summed E-state index contributed by atoms with van der Waals surface area (Å²) in [6, 6.07) is 7.33. The molecule has 0 aromatic heterocycles. The van der Waals surface area contributed by atoms with Gasteiger partial charge in [-0.1, -0.05) is 26.0 Å². The molecule has 0 atom stereocenters. The summed E-state index contributed by atoms with van der Waals surface area (Å²) in [5.41, 5.74) is 0.939. The molecule has 0 heterocycles. The molecule has 1 saturated carbocycles. The van der Waals surface area contributed by atoms with Crippen LogP contribution in [0.2, 0.25) is 0 Å². The lowest BCUT2D eigenvalue weighted by Crippen LogP contribution is -2.41. The summed E-state index contributed by atoms with van der Waals surface area (Å²) in [6.45, 7) is 5.09. The van der Waals surface area contributed by atoms with Gasteiger partial charge in [-0.2, -0.15) is 0 Å². The highest BCUT2D eigenvalue weighted by molar-refractivity contribution is 5.24. The van der Waals surface area contributed by atoms with Crippen LogP contribution >= 0.6 is 0 Å². The first-order valence-corrected chi connectivity index (χ1v) is 7.15. The molecule has 106 valence electrons. The number of hydrogen-bond acceptors (Lipinski definition) is 2. The molecule has 0 amide bonds. The zero-order valence-electron chi connectivity index (χ0n) is 11.8. The molecule has 2 nitrogen and oxygen atoms in total. The lowest BCUT2D eigenvalue weighted by molar-refractivity contribution is 0.115. The van der Waals surface area contributed by atoms with Crippen LogP contribution in [0, 0.1) is 5.82 Å². The summed E-state index contributed by atoms with van der Waals surface area (Å²) < 4.78 is 13.3. The molecular formula is C16H24FNO. The van der Waals surface area contributed by atoms with Gasteiger partial charge >= 0.3 is 0 Å². The maximum atomic E-state index is 13.3. The van der Waals surface area contributed by atoms with E-state index in [4.69, 9.17) is 0 Å². The summed E-state index contributed by atoms with van der Waals surface area (Å²) in [4.78, 5) is 0. The molecule has 2 rings (SSSR count). The van der Waals surface area contributed by atoms with E-state index in [2.05, 4.69) is 19.2 Å². The van der Waals surface area contributed by atoms with Crippen LogP contribution in [0.1, 0.15) is 45.1 Å². The van der Waals surface area contributed by atoms with Crippen molar-refractivity contribution < 1.29 is 9.50 Å². The second kappa shape index (κ2) is 6.02. The van der Waals surface area contributed by atoms with Crippen molar-refractivity contribution in [2.75, 3.05) is 6.54 Å². The van der Waals surface area contributed by atoms with Crippen molar-refractivity contribution in [2.45, 2.75) is 57.1 Å². The first kappa shape index (κ1) is 14.5. The molecule has 0 unspecified atom stereocenters. The molecule has 1 aromatic carbocycles. The Morgan fingerprint density at radius 2 is 1.95 bits per heavy atom. The molecule has 1 aliphatic carbocycles. The van der Waals surface area contributed by atoms with Gasteiger partial charge in [0.15, 0.2) is 0 Å². The monoisotopic (exact) mass is 265 g/mol. The van der Waals surface area contributed by atoms with E-state index in [1.165, 1.54) is 6.07 Å². The molecule has 0 saturated heterocycles. The average molecular weight is 265 g/mol. The Hall–Kier alpha value is -0.930. The van der Waals surface area contributed by atoms with E-state index >= 15 is 0 Å². The second-order valence-corrected chi connectivity index (χ2v) is 6.28. The lowest BCUT2D eigenvalue weighted by atomic mass is 9.83. The highest BCUT2D eigenvalue weighted by Crippen LogP contribution is 2.24. The largest absolute Gasteiger partial charge is 0.393 e. The molecule has 0 bridgehead atoms. The number of halogens is 1. The molecule has 2 N–H and O–H groups in total. The smallest absolute Gasteiger partial charge is 0.123 e. The fourth-order valence-corrected chi connectivity index (χ4v) is 2.69. The van der Waals surface area contributed by atoms with E-state index in [0.29, 0.717) is 6.04 Å². The van der Waals surface area contributed by atoms with Gasteiger partial charge in [-0.25, -0.2) is 4.39 Å². The van der Waals surface area contributed by atoms with Gasteiger partial charge in [0.05, 0.1) is 6.10 Å². The van der Waals surface area contributed by atoms with E-state index in [1.807, 2.05) is 6.07 Å². The van der Waals surface area contributed by atoms with Crippen LogP contribution in [0.4, 0.5) is 4.39 Å². The van der Waals surface area contributed by atoms with Gasteiger partial charge in [0.1, 0.15) is 5.82 Å². The zero-order valence-corrected chi connectivity index (χ0v) is 11.8. The lowest BCUT2D eigenvalue weighted by Gasteiger charge is -2.31. The predicted octanol–water partition coefficient (Wildman–Crippen LogP) is 3.00. The molecule has 1 aromatic rings. The van der Waals surface area contributed by atoms with E-state index in [-0.39, 0.29) is 17.3 Å². The first-order valence-electron chi connectivity index (χ1n) is 7.15. The molecule has 0 aliphatic heterocycles. The fraction of sp³-hybridized carbons (Fsp3) is 0.625. The van der Waals surface area contributed by atoms with Crippen molar-refractivity contribution in [3.63, 3.8) is 0 Å². The maximum Gasteiger partial charge on any atom is 0.123 e. The first-order chi connectivity index (χ1) is 8.97. The van der Waals surface area contributed by atoms with Gasteiger partial charge in [-0.15, -0.1) is 0 Å². The third-order valence-corrected chi connectivity index (χ3v) is 4.14. The Morgan fingerprint density at radius 3 is 2.58 bits per heavy atom. The van der Waals surface area contributed by atoms with Crippen LogP contribution in [0.25, 0.3) is 0 Å². The number of aliphatic hydroxyl groups excluding tert-OH is 1. The van der Waals surface area contributed by atoms with Gasteiger partial charge in [0, 0.05) is 18.0 Å². The summed E-state index contributed by atoms with van der Waals surface area (Å²) >= 11 is 0. The van der Waals surface area contributed by atoms with Gasteiger partial charge in [0.25, 0.3) is 0 Å². The summed E-state index contributed by atoms with van der Waals surface area (Å²) in [7, 11) is 0. The van der Waals surface area contributed by atoms with Crippen molar-refractivity contribution in [3.05, 3.63) is 35.6 Å². The molecule has 19 heavy (non-hydrogen) atoms. The Balaban J connectivity index is 1.90. The fourth-order valence-electron chi connectivity index (χ4n) is 2.69. The van der Waals surface area contributed by atoms with Gasteiger partial charge < -0.3 is 10.4 Å². The third-order valence-electron chi connectivity index (χ3n) is 4.14. The van der Waals surface area contributed by atoms with Crippen LogP contribution in [0.5, 0.6) is 0 Å². The quantitative estimate of drug-likeness (QED) is 0.877. The van der Waals surface area contributed by atoms with Crippen molar-refractivity contribution in [1.82, 2.24) is 5.32 Å². The second-order valence-electron chi connectivity index (χ2n) is 6.28. The summed E-state index contributed by atoms with van der Waals surface area (Å²) in [5, 5.41) is 13.1. The van der Waals surface area contributed by atoms with Crippen LogP contribution in [-0.2, 0) is 5.41 Å². The van der Waals surface area contributed by atoms with Gasteiger partial charge in [0.2, 0.25) is 0 Å². The Bertz CT molecular complexity index is 411. The molecule has 1 aliphatic rings. The highest BCUT2D eigenvalue weighted by atomic mass is 19.1. The van der Waals surface area contributed by atoms with Crippen LogP contribution in [0.15, 0.2) is 24.3 Å². The van der Waals surface area contributed by atoms with Crippen molar-refractivity contribution in [1.29, 1.82) is 0 Å². The number of rotatable bonds is 4. The predicted molar refractivity (Wildman–Crippen MR) is 75.7 cm³/mol. The molecule has 0 radical (unpaired) electrons. The normalized spacial score (nSPS) is 24.4. The summed E-state index contributed by atoms with van der Waals surface area (Å²) in [5.74, 6) is -0.175. The maximum absolute atomic E-state index is 13.3. The third kappa shape index (κ3) is 4.02.